The Bertz CT molecular complexity index is 1080. The molecule has 0 aliphatic rings. The first kappa shape index (κ1) is 17.6. The van der Waals surface area contributed by atoms with Crippen molar-refractivity contribution in [2.75, 3.05) is 17.7 Å². The Morgan fingerprint density at radius 2 is 1.64 bits per heavy atom. The summed E-state index contributed by atoms with van der Waals surface area (Å²) in [6.07, 6.45) is 0. The molecular weight excluding hydrogens is 352 g/mol. The topological polar surface area (TPSA) is 79.3 Å². The molecule has 0 amide bonds. The van der Waals surface area contributed by atoms with Gasteiger partial charge < -0.3 is 20.5 Å². The lowest BCUT2D eigenvalue weighted by Gasteiger charge is -2.12. The lowest BCUT2D eigenvalue weighted by molar-refractivity contribution is 0.414. The van der Waals surface area contributed by atoms with E-state index in [9.17, 15) is 5.11 Å². The van der Waals surface area contributed by atoms with E-state index in [-0.39, 0.29) is 5.75 Å². The number of methoxy groups -OCH3 is 1. The number of nitrogens with one attached hydrogen (secondary N) is 2. The summed E-state index contributed by atoms with van der Waals surface area (Å²) >= 11 is 0. The highest BCUT2D eigenvalue weighted by Gasteiger charge is 2.08. The van der Waals surface area contributed by atoms with Gasteiger partial charge in [0, 0.05) is 17.6 Å². The van der Waals surface area contributed by atoms with Gasteiger partial charge in [0.25, 0.3) is 0 Å². The number of phenols is 1. The number of aromatic hydroxyl groups is 1. The van der Waals surface area contributed by atoms with Crippen LogP contribution in [0.4, 0.5) is 17.5 Å². The molecule has 0 atom stereocenters. The number of hydrogen-bond acceptors (Lipinski definition) is 6. The molecule has 6 nitrogen and oxygen atoms in total. The first-order chi connectivity index (χ1) is 13.7. The van der Waals surface area contributed by atoms with E-state index in [0.29, 0.717) is 12.5 Å². The summed E-state index contributed by atoms with van der Waals surface area (Å²) in [6.45, 7) is 0.629. The number of hydrogen-bond donors (Lipinski definition) is 3. The minimum atomic E-state index is 0.215. The van der Waals surface area contributed by atoms with Gasteiger partial charge in [-0.1, -0.05) is 24.3 Å². The number of nitrogens with zero attached hydrogens (tertiary/aromatic N) is 2. The Labute approximate surface area is 162 Å². The first-order valence-corrected chi connectivity index (χ1v) is 8.91. The van der Waals surface area contributed by atoms with E-state index in [4.69, 9.17) is 4.74 Å². The van der Waals surface area contributed by atoms with Gasteiger partial charge in [0.15, 0.2) is 0 Å². The van der Waals surface area contributed by atoms with Gasteiger partial charge in [-0.15, -0.1) is 0 Å². The fraction of sp³-hybridized carbons (Fsp3) is 0.0909. The predicted octanol–water partition coefficient (Wildman–Crippen LogP) is 4.70. The van der Waals surface area contributed by atoms with Crippen molar-refractivity contribution in [1.82, 2.24) is 9.97 Å². The molecule has 4 rings (SSSR count). The highest BCUT2D eigenvalue weighted by Crippen LogP contribution is 2.25. The number of aromatic nitrogens is 2. The van der Waals surface area contributed by atoms with Crippen molar-refractivity contribution in [3.05, 3.63) is 78.4 Å². The zero-order valence-electron chi connectivity index (χ0n) is 15.4. The van der Waals surface area contributed by atoms with Crippen LogP contribution in [0.1, 0.15) is 5.56 Å². The maximum absolute atomic E-state index is 9.44. The fourth-order valence-electron chi connectivity index (χ4n) is 2.87. The molecule has 0 fully saturated rings. The smallest absolute Gasteiger partial charge is 0.229 e. The van der Waals surface area contributed by atoms with Crippen LogP contribution in [0, 0.1) is 0 Å². The summed E-state index contributed by atoms with van der Waals surface area (Å²) in [5.74, 6) is 2.28. The summed E-state index contributed by atoms with van der Waals surface area (Å²) in [5, 5.41) is 17.0. The van der Waals surface area contributed by atoms with Crippen LogP contribution in [0.25, 0.3) is 10.9 Å². The van der Waals surface area contributed by atoms with Gasteiger partial charge in [0.1, 0.15) is 17.3 Å². The third-order valence-electron chi connectivity index (χ3n) is 4.35. The van der Waals surface area contributed by atoms with E-state index in [1.165, 1.54) is 0 Å². The third-order valence-corrected chi connectivity index (χ3v) is 4.35. The normalized spacial score (nSPS) is 10.6. The minimum absolute atomic E-state index is 0.215. The molecule has 0 saturated heterocycles. The standard InChI is InChI=1S/C22H20N4O2/c1-28-18-12-6-15(7-13-18)14-23-21-19-4-2-3-5-20(19)25-22(26-21)24-16-8-10-17(27)11-9-16/h2-13,27H,14H2,1H3,(H2,23,24,25,26). The highest BCUT2D eigenvalue weighted by molar-refractivity contribution is 5.90. The summed E-state index contributed by atoms with van der Waals surface area (Å²) < 4.78 is 5.20. The molecule has 3 N–H and O–H groups in total. The Hall–Kier alpha value is -3.80. The average molecular weight is 372 g/mol. The van der Waals surface area contributed by atoms with Gasteiger partial charge in [0.05, 0.1) is 12.6 Å². The lowest BCUT2D eigenvalue weighted by atomic mass is 10.2. The van der Waals surface area contributed by atoms with Crippen molar-refractivity contribution < 1.29 is 9.84 Å². The van der Waals surface area contributed by atoms with Crippen LogP contribution >= 0.6 is 0 Å². The molecule has 0 saturated carbocycles. The van der Waals surface area contributed by atoms with E-state index in [2.05, 4.69) is 20.6 Å². The van der Waals surface area contributed by atoms with Crippen LogP contribution in [0.2, 0.25) is 0 Å². The second kappa shape index (κ2) is 7.84. The van der Waals surface area contributed by atoms with Gasteiger partial charge in [-0.2, -0.15) is 4.98 Å². The number of anilines is 3. The number of para-hydroxylation sites is 1. The number of phenolic OH excluding ortho intramolecular Hbond substituents is 1. The SMILES string of the molecule is COc1ccc(CNc2nc(Nc3ccc(O)cc3)nc3ccccc23)cc1. The van der Waals surface area contributed by atoms with Crippen molar-refractivity contribution in [3.63, 3.8) is 0 Å². The summed E-state index contributed by atoms with van der Waals surface area (Å²) in [6, 6.07) is 22.6. The van der Waals surface area contributed by atoms with Gasteiger partial charge in [0.2, 0.25) is 5.95 Å². The average Bonchev–Trinajstić information content (AvgIpc) is 2.74. The summed E-state index contributed by atoms with van der Waals surface area (Å²) in [4.78, 5) is 9.24. The summed E-state index contributed by atoms with van der Waals surface area (Å²) in [7, 11) is 1.66. The van der Waals surface area contributed by atoms with Gasteiger partial charge in [-0.05, 0) is 54.1 Å². The van der Waals surface area contributed by atoms with E-state index in [0.717, 1.165) is 33.7 Å². The second-order valence-corrected chi connectivity index (χ2v) is 6.29. The summed E-state index contributed by atoms with van der Waals surface area (Å²) in [5.41, 5.74) is 2.77. The Kier molecular flexibility index (Phi) is 4.93. The molecule has 0 bridgehead atoms. The molecule has 4 aromatic rings. The van der Waals surface area contributed by atoms with E-state index in [1.807, 2.05) is 48.5 Å². The Morgan fingerprint density at radius 3 is 2.39 bits per heavy atom. The molecule has 1 aromatic heterocycles. The van der Waals surface area contributed by atoms with Crippen molar-refractivity contribution in [1.29, 1.82) is 0 Å². The molecule has 3 aromatic carbocycles. The third kappa shape index (κ3) is 3.96. The van der Waals surface area contributed by atoms with Crippen LogP contribution in [-0.2, 0) is 6.54 Å². The zero-order valence-corrected chi connectivity index (χ0v) is 15.4. The molecule has 6 heteroatoms. The molecule has 0 aliphatic heterocycles. The minimum Gasteiger partial charge on any atom is -0.508 e. The van der Waals surface area contributed by atoms with Gasteiger partial charge in [-0.25, -0.2) is 4.98 Å². The van der Waals surface area contributed by atoms with Crippen LogP contribution in [0.15, 0.2) is 72.8 Å². The highest BCUT2D eigenvalue weighted by atomic mass is 16.5. The van der Waals surface area contributed by atoms with E-state index < -0.39 is 0 Å². The second-order valence-electron chi connectivity index (χ2n) is 6.29. The Morgan fingerprint density at radius 1 is 0.893 bits per heavy atom. The fourth-order valence-corrected chi connectivity index (χ4v) is 2.87. The molecule has 0 unspecified atom stereocenters. The molecule has 140 valence electrons. The maximum atomic E-state index is 9.44. The van der Waals surface area contributed by atoms with Gasteiger partial charge >= 0.3 is 0 Å². The lowest BCUT2D eigenvalue weighted by Crippen LogP contribution is -2.05. The molecule has 0 radical (unpaired) electrons. The van der Waals surface area contributed by atoms with Crippen LogP contribution in [0.3, 0.4) is 0 Å². The van der Waals surface area contributed by atoms with Crippen molar-refractivity contribution in [2.45, 2.75) is 6.54 Å². The molecule has 0 spiro atoms. The maximum Gasteiger partial charge on any atom is 0.229 e. The van der Waals surface area contributed by atoms with E-state index >= 15 is 0 Å². The zero-order chi connectivity index (χ0) is 19.3. The van der Waals surface area contributed by atoms with Crippen LogP contribution in [-0.4, -0.2) is 22.2 Å². The predicted molar refractivity (Wildman–Crippen MR) is 111 cm³/mol. The quantitative estimate of drug-likeness (QED) is 0.426. The number of fused-ring (bicyclic) bond motifs is 1. The molecular formula is C22H20N4O2. The number of ether oxygens (including phenoxy) is 1. The van der Waals surface area contributed by atoms with Crippen molar-refractivity contribution in [2.24, 2.45) is 0 Å². The largest absolute Gasteiger partial charge is 0.508 e. The molecule has 0 aliphatic carbocycles. The monoisotopic (exact) mass is 372 g/mol. The van der Waals surface area contributed by atoms with Crippen LogP contribution in [0.5, 0.6) is 11.5 Å². The first-order valence-electron chi connectivity index (χ1n) is 8.91. The van der Waals surface area contributed by atoms with Crippen molar-refractivity contribution >= 4 is 28.4 Å². The molecule has 28 heavy (non-hydrogen) atoms. The molecule has 1 heterocycles. The van der Waals surface area contributed by atoms with Crippen molar-refractivity contribution in [3.8, 4) is 11.5 Å². The number of rotatable bonds is 6. The van der Waals surface area contributed by atoms with Crippen LogP contribution < -0.4 is 15.4 Å². The van der Waals surface area contributed by atoms with E-state index in [1.54, 1.807) is 31.4 Å². The Balaban J connectivity index is 1.60. The number of benzene rings is 3. The van der Waals surface area contributed by atoms with Gasteiger partial charge in [-0.3, -0.25) is 0 Å².